The highest BCUT2D eigenvalue weighted by atomic mass is 19.1. The van der Waals surface area contributed by atoms with Crippen molar-refractivity contribution in [3.8, 4) is 5.75 Å². The van der Waals surface area contributed by atoms with E-state index in [-0.39, 0.29) is 42.4 Å². The summed E-state index contributed by atoms with van der Waals surface area (Å²) in [5.74, 6) is 0.399. The molecule has 30 heavy (non-hydrogen) atoms. The van der Waals surface area contributed by atoms with Crippen LogP contribution in [-0.2, 0) is 14.3 Å². The summed E-state index contributed by atoms with van der Waals surface area (Å²) >= 11 is 0. The van der Waals surface area contributed by atoms with Gasteiger partial charge in [0, 0.05) is 32.2 Å². The Kier molecular flexibility index (Phi) is 7.66. The minimum Gasteiger partial charge on any atom is -0.491 e. The van der Waals surface area contributed by atoms with E-state index in [2.05, 4.69) is 4.90 Å². The van der Waals surface area contributed by atoms with Crippen LogP contribution in [0.2, 0.25) is 0 Å². The number of halogens is 1. The molecule has 166 valence electrons. The van der Waals surface area contributed by atoms with Crippen molar-refractivity contribution in [1.29, 1.82) is 0 Å². The van der Waals surface area contributed by atoms with Gasteiger partial charge in [-0.25, -0.2) is 4.39 Å². The van der Waals surface area contributed by atoms with E-state index in [1.165, 1.54) is 12.1 Å². The van der Waals surface area contributed by atoms with Gasteiger partial charge in [0.25, 0.3) is 0 Å². The number of likely N-dealkylation sites (N-methyl/N-ethyl adjacent to an activating group) is 1. The highest BCUT2D eigenvalue weighted by Crippen LogP contribution is 2.21. The second-order valence-electron chi connectivity index (χ2n) is 8.35. The average Bonchev–Trinajstić information content (AvgIpc) is 2.74. The Bertz CT molecular complexity index is 720. The van der Waals surface area contributed by atoms with Gasteiger partial charge in [-0.3, -0.25) is 14.5 Å². The van der Waals surface area contributed by atoms with Crippen molar-refractivity contribution in [2.24, 2.45) is 0 Å². The Morgan fingerprint density at radius 3 is 2.57 bits per heavy atom. The first-order chi connectivity index (χ1) is 14.3. The third-order valence-corrected chi connectivity index (χ3v) is 5.94. The summed E-state index contributed by atoms with van der Waals surface area (Å²) in [6.45, 7) is 6.87. The number of likely N-dealkylation sites (tertiary alicyclic amines) is 1. The molecule has 0 N–H and O–H groups in total. The third kappa shape index (κ3) is 5.92. The average molecular weight is 422 g/mol. The maximum Gasteiger partial charge on any atom is 0.248 e. The van der Waals surface area contributed by atoms with Crippen LogP contribution in [0.1, 0.15) is 26.7 Å². The third-order valence-electron chi connectivity index (χ3n) is 5.94. The van der Waals surface area contributed by atoms with Crippen LogP contribution in [0.25, 0.3) is 0 Å². The number of morpholine rings is 1. The Morgan fingerprint density at radius 1 is 1.27 bits per heavy atom. The van der Waals surface area contributed by atoms with Gasteiger partial charge in [-0.1, -0.05) is 0 Å². The van der Waals surface area contributed by atoms with E-state index in [9.17, 15) is 14.0 Å². The summed E-state index contributed by atoms with van der Waals surface area (Å²) in [4.78, 5) is 30.6. The molecule has 1 aromatic carbocycles. The molecule has 2 saturated heterocycles. The topological polar surface area (TPSA) is 62.3 Å². The molecule has 3 rings (SSSR count). The first kappa shape index (κ1) is 22.5. The molecule has 0 spiro atoms. The maximum absolute atomic E-state index is 13.0. The molecule has 2 fully saturated rings. The monoisotopic (exact) mass is 421 g/mol. The van der Waals surface area contributed by atoms with Crippen molar-refractivity contribution < 1.29 is 23.5 Å². The zero-order chi connectivity index (χ0) is 21.7. The Morgan fingerprint density at radius 2 is 1.93 bits per heavy atom. The molecule has 1 aromatic rings. The normalized spacial score (nSPS) is 21.2. The molecule has 2 amide bonds. The first-order valence-corrected chi connectivity index (χ1v) is 10.6. The number of carbonyl (C=O) groups excluding carboxylic acids is 2. The number of ether oxygens (including phenoxy) is 2. The van der Waals surface area contributed by atoms with Crippen LogP contribution < -0.4 is 4.74 Å². The molecule has 2 aliphatic rings. The largest absolute Gasteiger partial charge is 0.491 e. The molecule has 2 heterocycles. The van der Waals surface area contributed by atoms with E-state index < -0.39 is 0 Å². The smallest absolute Gasteiger partial charge is 0.248 e. The number of benzene rings is 1. The molecule has 8 heteroatoms. The second-order valence-corrected chi connectivity index (χ2v) is 8.35. The number of piperidine rings is 1. The highest BCUT2D eigenvalue weighted by molar-refractivity contribution is 5.79. The van der Waals surface area contributed by atoms with Crippen molar-refractivity contribution in [2.45, 2.75) is 44.9 Å². The zero-order valence-corrected chi connectivity index (χ0v) is 18.1. The van der Waals surface area contributed by atoms with Gasteiger partial charge in [0.1, 0.15) is 30.9 Å². The fourth-order valence-electron chi connectivity index (χ4n) is 3.80. The fourth-order valence-corrected chi connectivity index (χ4v) is 3.80. The fraction of sp³-hybridized carbons (Fsp3) is 0.636. The lowest BCUT2D eigenvalue weighted by molar-refractivity contribution is -0.155. The molecule has 1 atom stereocenters. The number of amides is 2. The van der Waals surface area contributed by atoms with Gasteiger partial charge in [-0.15, -0.1) is 0 Å². The summed E-state index contributed by atoms with van der Waals surface area (Å²) in [7, 11) is 1.83. The van der Waals surface area contributed by atoms with Gasteiger partial charge in [0.15, 0.2) is 0 Å². The minimum atomic E-state index is -0.308. The highest BCUT2D eigenvalue weighted by Gasteiger charge is 2.34. The van der Waals surface area contributed by atoms with Gasteiger partial charge in [0.05, 0.1) is 13.1 Å². The van der Waals surface area contributed by atoms with Crippen molar-refractivity contribution in [1.82, 2.24) is 14.7 Å². The second kappa shape index (κ2) is 10.2. The van der Waals surface area contributed by atoms with Gasteiger partial charge in [0.2, 0.25) is 11.8 Å². The Balaban J connectivity index is 1.46. The number of nitrogens with zero attached hydrogens (tertiary/aromatic N) is 3. The van der Waals surface area contributed by atoms with Crippen LogP contribution in [0.15, 0.2) is 24.3 Å². The van der Waals surface area contributed by atoms with Crippen molar-refractivity contribution in [3.05, 3.63) is 30.1 Å². The van der Waals surface area contributed by atoms with Gasteiger partial charge >= 0.3 is 0 Å². The van der Waals surface area contributed by atoms with E-state index in [1.54, 1.807) is 17.0 Å². The lowest BCUT2D eigenvalue weighted by atomic mass is 10.0. The number of hydrogen-bond donors (Lipinski definition) is 0. The molecule has 0 unspecified atom stereocenters. The predicted molar refractivity (Wildman–Crippen MR) is 111 cm³/mol. The van der Waals surface area contributed by atoms with Crippen LogP contribution in [-0.4, -0.2) is 91.1 Å². The van der Waals surface area contributed by atoms with Gasteiger partial charge in [-0.2, -0.15) is 0 Å². The zero-order valence-electron chi connectivity index (χ0n) is 18.1. The number of rotatable bonds is 7. The van der Waals surface area contributed by atoms with Gasteiger partial charge < -0.3 is 19.3 Å². The quantitative estimate of drug-likeness (QED) is 0.672. The molecule has 0 aromatic heterocycles. The van der Waals surface area contributed by atoms with Gasteiger partial charge in [-0.05, 0) is 51.0 Å². The van der Waals surface area contributed by atoms with Crippen LogP contribution in [0.4, 0.5) is 4.39 Å². The lowest BCUT2D eigenvalue weighted by Crippen LogP contribution is -2.56. The molecule has 0 radical (unpaired) electrons. The SMILES string of the molecule is CC(C)N(C)C(=O)CN1CCC(N2C[C@@H](COc3ccc(F)cc3)OCC2=O)CC1. The van der Waals surface area contributed by atoms with Crippen molar-refractivity contribution in [2.75, 3.05) is 46.4 Å². The van der Waals surface area contributed by atoms with Crippen LogP contribution in [0.3, 0.4) is 0 Å². The molecule has 0 bridgehead atoms. The molecule has 7 nitrogen and oxygen atoms in total. The molecule has 0 aliphatic carbocycles. The summed E-state index contributed by atoms with van der Waals surface area (Å²) < 4.78 is 24.3. The first-order valence-electron chi connectivity index (χ1n) is 10.6. The van der Waals surface area contributed by atoms with Crippen LogP contribution in [0.5, 0.6) is 5.75 Å². The molecular formula is C22H32FN3O4. The van der Waals surface area contributed by atoms with Crippen molar-refractivity contribution >= 4 is 11.8 Å². The van der Waals surface area contributed by atoms with E-state index in [4.69, 9.17) is 9.47 Å². The van der Waals surface area contributed by atoms with E-state index in [1.807, 2.05) is 25.8 Å². The van der Waals surface area contributed by atoms with E-state index in [0.717, 1.165) is 25.9 Å². The molecule has 0 saturated carbocycles. The lowest BCUT2D eigenvalue weighted by Gasteiger charge is -2.42. The summed E-state index contributed by atoms with van der Waals surface area (Å²) in [6.07, 6.45) is 1.47. The Hall–Kier alpha value is -2.19. The molecule has 2 aliphatic heterocycles. The van der Waals surface area contributed by atoms with Crippen LogP contribution >= 0.6 is 0 Å². The maximum atomic E-state index is 13.0. The van der Waals surface area contributed by atoms with Crippen molar-refractivity contribution in [3.63, 3.8) is 0 Å². The van der Waals surface area contributed by atoms with Crippen LogP contribution in [0, 0.1) is 5.82 Å². The number of carbonyl (C=O) groups is 2. The summed E-state index contributed by atoms with van der Waals surface area (Å²) in [5.41, 5.74) is 0. The molecular weight excluding hydrogens is 389 g/mol. The Labute approximate surface area is 177 Å². The number of hydrogen-bond acceptors (Lipinski definition) is 5. The van der Waals surface area contributed by atoms with E-state index in [0.29, 0.717) is 25.4 Å². The standard InChI is InChI=1S/C22H32FN3O4/c1-16(2)24(3)21(27)13-25-10-8-18(9-11-25)26-12-20(30-15-22(26)28)14-29-19-6-4-17(23)5-7-19/h4-7,16,18,20H,8-15H2,1-3H3/t20-/m0/s1. The minimum absolute atomic E-state index is 0.00194. The predicted octanol–water partition coefficient (Wildman–Crippen LogP) is 1.76. The van der Waals surface area contributed by atoms with E-state index >= 15 is 0 Å². The summed E-state index contributed by atoms with van der Waals surface area (Å²) in [6, 6.07) is 6.21. The summed E-state index contributed by atoms with van der Waals surface area (Å²) in [5, 5.41) is 0.